The average molecular weight is 293 g/mol. The van der Waals surface area contributed by atoms with E-state index in [1.807, 2.05) is 30.8 Å². The highest BCUT2D eigenvalue weighted by Crippen LogP contribution is 2.20. The number of hydrogen-bond acceptors (Lipinski definition) is 4. The maximum absolute atomic E-state index is 11.5. The van der Waals surface area contributed by atoms with E-state index in [1.54, 1.807) is 0 Å². The summed E-state index contributed by atoms with van der Waals surface area (Å²) in [5.41, 5.74) is 4.50. The van der Waals surface area contributed by atoms with E-state index < -0.39 is 0 Å². The normalized spacial score (nSPS) is 21.4. The van der Waals surface area contributed by atoms with Crippen molar-refractivity contribution in [1.29, 1.82) is 0 Å². The number of carbonyl (C=O) groups excluding carboxylic acids is 1. The fourth-order valence-electron chi connectivity index (χ4n) is 2.42. The van der Waals surface area contributed by atoms with Crippen molar-refractivity contribution in [3.8, 4) is 0 Å². The number of hydrogen-bond donors (Lipinski definition) is 2. The highest BCUT2D eigenvalue weighted by atomic mass is 32.2. The second-order valence-corrected chi connectivity index (χ2v) is 6.52. The summed E-state index contributed by atoms with van der Waals surface area (Å²) in [5, 5.41) is 0. The molecule has 0 aromatic heterocycles. The first-order chi connectivity index (χ1) is 9.61. The monoisotopic (exact) mass is 293 g/mol. The van der Waals surface area contributed by atoms with Crippen LogP contribution in [0.3, 0.4) is 0 Å². The third-order valence-electron chi connectivity index (χ3n) is 3.91. The Kier molecular flexibility index (Phi) is 5.46. The number of benzene rings is 1. The Balaban J connectivity index is 1.99. The molecular weight excluding hydrogens is 270 g/mol. The van der Waals surface area contributed by atoms with Crippen LogP contribution in [0.15, 0.2) is 24.3 Å². The van der Waals surface area contributed by atoms with Crippen LogP contribution in [0, 0.1) is 0 Å². The highest BCUT2D eigenvalue weighted by Gasteiger charge is 2.19. The predicted octanol–water partition coefficient (Wildman–Crippen LogP) is 1.72. The van der Waals surface area contributed by atoms with Crippen LogP contribution in [0.2, 0.25) is 0 Å². The Morgan fingerprint density at radius 2 is 2.20 bits per heavy atom. The smallest absolute Gasteiger partial charge is 0.241 e. The zero-order valence-electron chi connectivity index (χ0n) is 12.1. The van der Waals surface area contributed by atoms with Gasteiger partial charge >= 0.3 is 0 Å². The number of nitrogens with two attached hydrogens (primary N) is 1. The van der Waals surface area contributed by atoms with E-state index >= 15 is 0 Å². The van der Waals surface area contributed by atoms with Crippen molar-refractivity contribution >= 4 is 17.7 Å². The quantitative estimate of drug-likeness (QED) is 0.504. The van der Waals surface area contributed by atoms with Gasteiger partial charge in [0.05, 0.1) is 5.92 Å². The summed E-state index contributed by atoms with van der Waals surface area (Å²) in [6, 6.07) is 8.92. The SMILES string of the molecule is CC(C(=O)NN)c1ccc(CN2CCSCC2C)cc1. The van der Waals surface area contributed by atoms with Crippen LogP contribution >= 0.6 is 11.8 Å². The summed E-state index contributed by atoms with van der Waals surface area (Å²) >= 11 is 2.03. The molecule has 1 fully saturated rings. The van der Waals surface area contributed by atoms with Gasteiger partial charge in [0.2, 0.25) is 5.91 Å². The van der Waals surface area contributed by atoms with Gasteiger partial charge in [-0.1, -0.05) is 24.3 Å². The molecule has 1 aromatic carbocycles. The van der Waals surface area contributed by atoms with Gasteiger partial charge in [-0.3, -0.25) is 15.1 Å². The van der Waals surface area contributed by atoms with Gasteiger partial charge in [-0.05, 0) is 25.0 Å². The fourth-order valence-corrected chi connectivity index (χ4v) is 3.50. The Hall–Kier alpha value is -1.04. The number of hydrazine groups is 1. The number of nitrogens with zero attached hydrogens (tertiary/aromatic N) is 1. The first-order valence-electron chi connectivity index (χ1n) is 7.03. The first kappa shape index (κ1) is 15.4. The standard InChI is InChI=1S/C15H23N3OS/c1-11-10-20-8-7-18(11)9-13-3-5-14(6-4-13)12(2)15(19)17-16/h3-6,11-12H,7-10,16H2,1-2H3,(H,17,19). The minimum Gasteiger partial charge on any atom is -0.295 e. The van der Waals surface area contributed by atoms with E-state index in [0.29, 0.717) is 6.04 Å². The predicted molar refractivity (Wildman–Crippen MR) is 84.4 cm³/mol. The van der Waals surface area contributed by atoms with Gasteiger partial charge < -0.3 is 0 Å². The lowest BCUT2D eigenvalue weighted by Crippen LogP contribution is -2.39. The van der Waals surface area contributed by atoms with Crippen LogP contribution < -0.4 is 11.3 Å². The number of amides is 1. The molecule has 20 heavy (non-hydrogen) atoms. The van der Waals surface area contributed by atoms with E-state index in [4.69, 9.17) is 5.84 Å². The molecule has 0 radical (unpaired) electrons. The van der Waals surface area contributed by atoms with Crippen molar-refractivity contribution in [3.05, 3.63) is 35.4 Å². The third kappa shape index (κ3) is 3.75. The van der Waals surface area contributed by atoms with E-state index in [1.165, 1.54) is 17.1 Å². The molecule has 110 valence electrons. The van der Waals surface area contributed by atoms with Gasteiger partial charge in [0, 0.05) is 30.6 Å². The number of carbonyl (C=O) groups is 1. The van der Waals surface area contributed by atoms with Crippen molar-refractivity contribution in [1.82, 2.24) is 10.3 Å². The molecule has 1 heterocycles. The maximum Gasteiger partial charge on any atom is 0.241 e. The Bertz CT molecular complexity index is 449. The second kappa shape index (κ2) is 7.11. The molecule has 3 N–H and O–H groups in total. The molecule has 4 nitrogen and oxygen atoms in total. The first-order valence-corrected chi connectivity index (χ1v) is 8.18. The van der Waals surface area contributed by atoms with Crippen molar-refractivity contribution in [2.45, 2.75) is 32.4 Å². The fraction of sp³-hybridized carbons (Fsp3) is 0.533. The summed E-state index contributed by atoms with van der Waals surface area (Å²) < 4.78 is 0. The molecule has 2 atom stereocenters. The summed E-state index contributed by atoms with van der Waals surface area (Å²) in [6.07, 6.45) is 0. The second-order valence-electron chi connectivity index (χ2n) is 5.37. The molecule has 1 amide bonds. The van der Waals surface area contributed by atoms with Crippen LogP contribution in [-0.2, 0) is 11.3 Å². The number of nitrogens with one attached hydrogen (secondary N) is 1. The van der Waals surface area contributed by atoms with Gasteiger partial charge in [0.1, 0.15) is 0 Å². The van der Waals surface area contributed by atoms with Gasteiger partial charge in [0.15, 0.2) is 0 Å². The van der Waals surface area contributed by atoms with E-state index in [0.717, 1.165) is 18.7 Å². The molecule has 1 aliphatic rings. The van der Waals surface area contributed by atoms with E-state index in [2.05, 4.69) is 29.4 Å². The molecule has 0 bridgehead atoms. The lowest BCUT2D eigenvalue weighted by molar-refractivity contribution is -0.122. The van der Waals surface area contributed by atoms with Crippen molar-refractivity contribution in [2.75, 3.05) is 18.1 Å². The zero-order chi connectivity index (χ0) is 14.5. The van der Waals surface area contributed by atoms with Crippen molar-refractivity contribution < 1.29 is 4.79 Å². The third-order valence-corrected chi connectivity index (χ3v) is 5.10. The molecule has 0 saturated carbocycles. The van der Waals surface area contributed by atoms with Gasteiger partial charge in [-0.2, -0.15) is 11.8 Å². The Labute approximate surface area is 125 Å². The number of rotatable bonds is 4. The lowest BCUT2D eigenvalue weighted by atomic mass is 9.99. The minimum absolute atomic E-state index is 0.153. The topological polar surface area (TPSA) is 58.4 Å². The molecule has 1 saturated heterocycles. The minimum atomic E-state index is -0.209. The van der Waals surface area contributed by atoms with Crippen LogP contribution in [0.25, 0.3) is 0 Å². The van der Waals surface area contributed by atoms with Crippen LogP contribution in [0.1, 0.15) is 30.9 Å². The Morgan fingerprint density at radius 3 is 2.80 bits per heavy atom. The zero-order valence-corrected chi connectivity index (χ0v) is 13.0. The molecule has 5 heteroatoms. The molecule has 2 rings (SSSR count). The largest absolute Gasteiger partial charge is 0.295 e. The highest BCUT2D eigenvalue weighted by molar-refractivity contribution is 7.99. The average Bonchev–Trinajstić information content (AvgIpc) is 2.49. The van der Waals surface area contributed by atoms with E-state index in [9.17, 15) is 4.79 Å². The number of thioether (sulfide) groups is 1. The Morgan fingerprint density at radius 1 is 1.50 bits per heavy atom. The molecule has 0 spiro atoms. The van der Waals surface area contributed by atoms with Crippen LogP contribution in [0.5, 0.6) is 0 Å². The molecular formula is C15H23N3OS. The van der Waals surface area contributed by atoms with Gasteiger partial charge in [-0.15, -0.1) is 0 Å². The lowest BCUT2D eigenvalue weighted by Gasteiger charge is -2.33. The molecule has 0 aliphatic carbocycles. The van der Waals surface area contributed by atoms with Crippen LogP contribution in [-0.4, -0.2) is 34.9 Å². The molecule has 1 aromatic rings. The van der Waals surface area contributed by atoms with Crippen LogP contribution in [0.4, 0.5) is 0 Å². The molecule has 1 aliphatic heterocycles. The summed E-state index contributed by atoms with van der Waals surface area (Å²) in [6.45, 7) is 6.29. The summed E-state index contributed by atoms with van der Waals surface area (Å²) in [7, 11) is 0. The maximum atomic E-state index is 11.5. The van der Waals surface area contributed by atoms with Crippen molar-refractivity contribution in [2.24, 2.45) is 5.84 Å². The van der Waals surface area contributed by atoms with Gasteiger partial charge in [0.25, 0.3) is 0 Å². The summed E-state index contributed by atoms with van der Waals surface area (Å²) in [5.74, 6) is 7.24. The van der Waals surface area contributed by atoms with Crippen molar-refractivity contribution in [3.63, 3.8) is 0 Å². The van der Waals surface area contributed by atoms with Gasteiger partial charge in [-0.25, -0.2) is 5.84 Å². The molecule has 2 unspecified atom stereocenters. The summed E-state index contributed by atoms with van der Waals surface area (Å²) in [4.78, 5) is 14.0. The van der Waals surface area contributed by atoms with E-state index in [-0.39, 0.29) is 11.8 Å².